The van der Waals surface area contributed by atoms with Crippen molar-refractivity contribution in [1.29, 1.82) is 0 Å². The van der Waals surface area contributed by atoms with Gasteiger partial charge >= 0.3 is 0 Å². The Hall–Kier alpha value is -3.35. The molecule has 0 saturated heterocycles. The number of imidazole rings is 1. The predicted octanol–water partition coefficient (Wildman–Crippen LogP) is 1.80. The predicted molar refractivity (Wildman–Crippen MR) is 102 cm³/mol. The highest BCUT2D eigenvalue weighted by Gasteiger charge is 2.08. The number of ether oxygens (including phenoxy) is 1. The van der Waals surface area contributed by atoms with Crippen molar-refractivity contribution >= 4 is 22.8 Å². The first-order valence-corrected chi connectivity index (χ1v) is 8.74. The highest BCUT2D eigenvalue weighted by atomic mass is 16.5. The second-order valence-electron chi connectivity index (χ2n) is 6.21. The molecule has 0 radical (unpaired) electrons. The fraction of sp³-hybridized carbons (Fsp3) is 0.250. The number of carbonyl (C=O) groups is 2. The smallest absolute Gasteiger partial charge is 0.255 e. The van der Waals surface area contributed by atoms with Crippen LogP contribution in [-0.2, 0) is 18.3 Å². The molecule has 7 nitrogen and oxygen atoms in total. The van der Waals surface area contributed by atoms with Crippen LogP contribution in [0.3, 0.4) is 0 Å². The maximum absolute atomic E-state index is 12.2. The Bertz CT molecular complexity index is 948. The number of aryl methyl sites for hydroxylation is 2. The van der Waals surface area contributed by atoms with Crippen molar-refractivity contribution in [2.24, 2.45) is 12.8 Å². The Labute approximate surface area is 157 Å². The van der Waals surface area contributed by atoms with Crippen molar-refractivity contribution in [2.45, 2.75) is 12.8 Å². The van der Waals surface area contributed by atoms with Gasteiger partial charge in [-0.2, -0.15) is 0 Å². The number of rotatable bonds is 8. The number of nitrogens with two attached hydrogens (primary N) is 1. The van der Waals surface area contributed by atoms with Crippen molar-refractivity contribution in [1.82, 2.24) is 14.9 Å². The summed E-state index contributed by atoms with van der Waals surface area (Å²) in [7, 11) is 2.01. The van der Waals surface area contributed by atoms with Crippen molar-refractivity contribution in [3.05, 3.63) is 59.9 Å². The van der Waals surface area contributed by atoms with Gasteiger partial charge in [0.25, 0.3) is 11.8 Å². The van der Waals surface area contributed by atoms with Gasteiger partial charge in [-0.05, 0) is 42.8 Å². The Morgan fingerprint density at radius 3 is 2.59 bits per heavy atom. The Kier molecular flexibility index (Phi) is 5.71. The van der Waals surface area contributed by atoms with Crippen LogP contribution in [0, 0.1) is 0 Å². The number of hydrogen-bond acceptors (Lipinski definition) is 4. The minimum Gasteiger partial charge on any atom is -0.484 e. The normalized spacial score (nSPS) is 10.7. The van der Waals surface area contributed by atoms with Gasteiger partial charge in [0.15, 0.2) is 6.61 Å². The van der Waals surface area contributed by atoms with Gasteiger partial charge in [-0.3, -0.25) is 9.59 Å². The molecule has 3 rings (SSSR count). The number of carbonyl (C=O) groups excluding carboxylic acids is 2. The minimum atomic E-state index is -0.544. The van der Waals surface area contributed by atoms with Gasteiger partial charge in [-0.1, -0.05) is 12.1 Å². The summed E-state index contributed by atoms with van der Waals surface area (Å²) in [6, 6.07) is 14.6. The zero-order chi connectivity index (χ0) is 19.2. The number of nitrogens with one attached hydrogen (secondary N) is 1. The van der Waals surface area contributed by atoms with E-state index in [1.165, 1.54) is 0 Å². The SMILES string of the molecule is Cn1c(CCCNC(=O)c2ccc(OCC(N)=O)cc2)nc2ccccc21. The molecule has 0 bridgehead atoms. The van der Waals surface area contributed by atoms with Gasteiger partial charge in [-0.15, -0.1) is 0 Å². The summed E-state index contributed by atoms with van der Waals surface area (Å²) in [6.45, 7) is 0.371. The summed E-state index contributed by atoms with van der Waals surface area (Å²) in [6.07, 6.45) is 1.58. The lowest BCUT2D eigenvalue weighted by atomic mass is 10.2. The molecule has 3 aromatic rings. The molecule has 0 saturated carbocycles. The average Bonchev–Trinajstić information content (AvgIpc) is 3.00. The Morgan fingerprint density at radius 1 is 1.15 bits per heavy atom. The summed E-state index contributed by atoms with van der Waals surface area (Å²) in [4.78, 5) is 27.5. The lowest BCUT2D eigenvalue weighted by Crippen LogP contribution is -2.25. The fourth-order valence-corrected chi connectivity index (χ4v) is 2.83. The molecule has 0 fully saturated rings. The van der Waals surface area contributed by atoms with Crippen LogP contribution in [0.5, 0.6) is 5.75 Å². The van der Waals surface area contributed by atoms with Crippen LogP contribution in [0.15, 0.2) is 48.5 Å². The summed E-state index contributed by atoms with van der Waals surface area (Å²) >= 11 is 0. The molecule has 7 heteroatoms. The molecular weight excluding hydrogens is 344 g/mol. The standard InChI is InChI=1S/C20H22N4O3/c1-24-17-6-3-2-5-16(17)23-19(24)7-4-12-22-20(26)14-8-10-15(11-9-14)27-13-18(21)25/h2-3,5-6,8-11H,4,7,12-13H2,1H3,(H2,21,25)(H,22,26). The van der Waals surface area contributed by atoms with E-state index in [1.54, 1.807) is 24.3 Å². The number of benzene rings is 2. The molecule has 2 aromatic carbocycles. The van der Waals surface area contributed by atoms with Crippen LogP contribution >= 0.6 is 0 Å². The maximum atomic E-state index is 12.2. The Morgan fingerprint density at radius 2 is 1.89 bits per heavy atom. The molecule has 0 unspecified atom stereocenters. The van der Waals surface area contributed by atoms with Gasteiger partial charge in [0, 0.05) is 25.6 Å². The first kappa shape index (κ1) is 18.4. The van der Waals surface area contributed by atoms with Gasteiger partial charge in [0.05, 0.1) is 11.0 Å². The van der Waals surface area contributed by atoms with Crippen LogP contribution in [0.25, 0.3) is 11.0 Å². The molecule has 140 valence electrons. The zero-order valence-electron chi connectivity index (χ0n) is 15.1. The van der Waals surface area contributed by atoms with E-state index >= 15 is 0 Å². The summed E-state index contributed by atoms with van der Waals surface area (Å²) in [5, 5.41) is 2.90. The third kappa shape index (κ3) is 4.63. The highest BCUT2D eigenvalue weighted by molar-refractivity contribution is 5.94. The van der Waals surface area contributed by atoms with Gasteiger partial charge in [0.1, 0.15) is 11.6 Å². The van der Waals surface area contributed by atoms with E-state index in [9.17, 15) is 9.59 Å². The first-order valence-electron chi connectivity index (χ1n) is 8.74. The van der Waals surface area contributed by atoms with E-state index < -0.39 is 5.91 Å². The fourth-order valence-electron chi connectivity index (χ4n) is 2.83. The lowest BCUT2D eigenvalue weighted by molar-refractivity contribution is -0.119. The van der Waals surface area contributed by atoms with Crippen molar-refractivity contribution in [3.63, 3.8) is 0 Å². The maximum Gasteiger partial charge on any atom is 0.255 e. The van der Waals surface area contributed by atoms with Crippen LogP contribution in [0.2, 0.25) is 0 Å². The third-order valence-electron chi connectivity index (χ3n) is 4.24. The van der Waals surface area contributed by atoms with Crippen LogP contribution in [0.1, 0.15) is 22.6 Å². The van der Waals surface area contributed by atoms with Crippen LogP contribution in [-0.4, -0.2) is 34.5 Å². The van der Waals surface area contributed by atoms with Crippen molar-refractivity contribution in [2.75, 3.05) is 13.2 Å². The zero-order valence-corrected chi connectivity index (χ0v) is 15.1. The number of nitrogens with zero attached hydrogens (tertiary/aromatic N) is 2. The van der Waals surface area contributed by atoms with Crippen LogP contribution < -0.4 is 15.8 Å². The van der Waals surface area contributed by atoms with E-state index in [2.05, 4.69) is 14.9 Å². The molecule has 0 aliphatic rings. The quantitative estimate of drug-likeness (QED) is 0.594. The van der Waals surface area contributed by atoms with Gasteiger partial charge in [0.2, 0.25) is 0 Å². The summed E-state index contributed by atoms with van der Waals surface area (Å²) < 4.78 is 7.26. The molecule has 0 aliphatic carbocycles. The number of primary amides is 1. The molecule has 0 spiro atoms. The van der Waals surface area contributed by atoms with E-state index in [0.29, 0.717) is 17.9 Å². The molecular formula is C20H22N4O3. The van der Waals surface area contributed by atoms with E-state index in [1.807, 2.05) is 31.3 Å². The molecule has 3 N–H and O–H groups in total. The molecule has 0 aliphatic heterocycles. The summed E-state index contributed by atoms with van der Waals surface area (Å²) in [5.41, 5.74) is 7.65. The first-order chi connectivity index (χ1) is 13.0. The highest BCUT2D eigenvalue weighted by Crippen LogP contribution is 2.15. The summed E-state index contributed by atoms with van der Waals surface area (Å²) in [5.74, 6) is 0.799. The molecule has 2 amide bonds. The topological polar surface area (TPSA) is 99.2 Å². The second kappa shape index (κ2) is 8.35. The minimum absolute atomic E-state index is 0.151. The molecule has 1 aromatic heterocycles. The lowest BCUT2D eigenvalue weighted by Gasteiger charge is -2.07. The number of hydrogen-bond donors (Lipinski definition) is 2. The van der Waals surface area contributed by atoms with Gasteiger partial charge in [-0.25, -0.2) is 4.98 Å². The van der Waals surface area contributed by atoms with Crippen molar-refractivity contribution < 1.29 is 14.3 Å². The van der Waals surface area contributed by atoms with Crippen molar-refractivity contribution in [3.8, 4) is 5.75 Å². The molecule has 1 heterocycles. The average molecular weight is 366 g/mol. The Balaban J connectivity index is 1.47. The monoisotopic (exact) mass is 366 g/mol. The van der Waals surface area contributed by atoms with Gasteiger partial charge < -0.3 is 20.4 Å². The number of fused-ring (bicyclic) bond motifs is 1. The van der Waals surface area contributed by atoms with E-state index in [0.717, 1.165) is 29.7 Å². The number of para-hydroxylation sites is 2. The molecule has 0 atom stereocenters. The number of amides is 2. The second-order valence-corrected chi connectivity index (χ2v) is 6.21. The number of aromatic nitrogens is 2. The molecule has 27 heavy (non-hydrogen) atoms. The van der Waals surface area contributed by atoms with E-state index in [-0.39, 0.29) is 12.5 Å². The third-order valence-corrected chi connectivity index (χ3v) is 4.24. The van der Waals surface area contributed by atoms with E-state index in [4.69, 9.17) is 10.5 Å². The van der Waals surface area contributed by atoms with Crippen LogP contribution in [0.4, 0.5) is 0 Å². The largest absolute Gasteiger partial charge is 0.484 e.